The Balaban J connectivity index is 2.33. The molecule has 1 amide bonds. The average molecular weight is 459 g/mol. The Morgan fingerprint density at radius 1 is 1.37 bits per heavy atom. The van der Waals surface area contributed by atoms with Crippen LogP contribution in [0.1, 0.15) is 29.7 Å². The first-order valence-electron chi connectivity index (χ1n) is 8.53. The second-order valence-electron chi connectivity index (χ2n) is 7.01. The van der Waals surface area contributed by atoms with Crippen molar-refractivity contribution < 1.29 is 18.0 Å². The number of primary amides is 1. The van der Waals surface area contributed by atoms with Crippen LogP contribution in [0.2, 0.25) is 10.0 Å². The number of amides is 1. The van der Waals surface area contributed by atoms with E-state index in [0.29, 0.717) is 25.0 Å². The van der Waals surface area contributed by atoms with E-state index >= 15 is 0 Å². The number of alkyl halides is 3. The van der Waals surface area contributed by atoms with E-state index in [2.05, 4.69) is 10.1 Å². The van der Waals surface area contributed by atoms with Crippen LogP contribution in [0.4, 0.5) is 19.0 Å². The van der Waals surface area contributed by atoms with Gasteiger partial charge in [-0.2, -0.15) is 23.5 Å². The number of nitrogens with two attached hydrogens (primary N) is 1. The number of aromatic nitrogens is 2. The summed E-state index contributed by atoms with van der Waals surface area (Å²) in [6, 6.07) is 3.31. The van der Waals surface area contributed by atoms with Crippen molar-refractivity contribution in [3.63, 3.8) is 0 Å². The topological polar surface area (TPSA) is 100 Å². The monoisotopic (exact) mass is 458 g/mol. The van der Waals surface area contributed by atoms with E-state index in [1.165, 1.54) is 6.34 Å². The summed E-state index contributed by atoms with van der Waals surface area (Å²) in [6.45, 7) is 0. The van der Waals surface area contributed by atoms with Gasteiger partial charge in [0, 0.05) is 14.1 Å². The summed E-state index contributed by atoms with van der Waals surface area (Å²) < 4.78 is 40.3. The first-order valence-corrected chi connectivity index (χ1v) is 9.28. The highest BCUT2D eigenvalue weighted by atomic mass is 35.5. The summed E-state index contributed by atoms with van der Waals surface area (Å²) in [7, 11) is 3.38. The molecular formula is C18H15Cl2F3N6O. The molecule has 2 N–H and O–H groups in total. The molecule has 30 heavy (non-hydrogen) atoms. The number of nitriles is 1. The van der Waals surface area contributed by atoms with Crippen molar-refractivity contribution in [3.05, 3.63) is 39.0 Å². The molecule has 0 spiro atoms. The summed E-state index contributed by atoms with van der Waals surface area (Å²) in [5, 5.41) is 13.0. The molecule has 2 aromatic rings. The lowest BCUT2D eigenvalue weighted by molar-refractivity contribution is -0.137. The van der Waals surface area contributed by atoms with E-state index in [4.69, 9.17) is 28.9 Å². The zero-order valence-electron chi connectivity index (χ0n) is 15.8. The van der Waals surface area contributed by atoms with Crippen LogP contribution in [0.15, 0.2) is 17.1 Å². The third kappa shape index (κ3) is 3.70. The molecule has 3 rings (SSSR count). The highest BCUT2D eigenvalue weighted by Gasteiger charge is 2.54. The fraction of sp³-hybridized carbons (Fsp3) is 0.333. The first kappa shape index (κ1) is 21.9. The van der Waals surface area contributed by atoms with Gasteiger partial charge in [-0.25, -0.2) is 9.67 Å². The maximum atomic E-state index is 13.1. The second-order valence-corrected chi connectivity index (χ2v) is 7.83. The number of rotatable bonds is 5. The molecule has 7 nitrogen and oxygen atoms in total. The molecule has 0 bridgehead atoms. The van der Waals surface area contributed by atoms with Crippen molar-refractivity contribution in [3.8, 4) is 11.8 Å². The van der Waals surface area contributed by atoms with Crippen LogP contribution in [-0.4, -0.2) is 41.0 Å². The van der Waals surface area contributed by atoms with Crippen molar-refractivity contribution in [2.75, 3.05) is 14.1 Å². The van der Waals surface area contributed by atoms with Crippen LogP contribution in [0.5, 0.6) is 0 Å². The van der Waals surface area contributed by atoms with E-state index in [9.17, 15) is 23.2 Å². The predicted octanol–water partition coefficient (Wildman–Crippen LogP) is 3.81. The third-order valence-corrected chi connectivity index (χ3v) is 5.21. The van der Waals surface area contributed by atoms with E-state index in [-0.39, 0.29) is 32.8 Å². The Hall–Kier alpha value is -2.77. The Labute approximate surface area is 179 Å². The van der Waals surface area contributed by atoms with Crippen LogP contribution < -0.4 is 5.73 Å². The highest BCUT2D eigenvalue weighted by Crippen LogP contribution is 2.53. The molecular weight excluding hydrogens is 444 g/mol. The molecule has 158 valence electrons. The Kier molecular flexibility index (Phi) is 5.47. The van der Waals surface area contributed by atoms with Gasteiger partial charge in [0.05, 0.1) is 32.9 Å². The molecule has 1 saturated carbocycles. The largest absolute Gasteiger partial charge is 0.416 e. The summed E-state index contributed by atoms with van der Waals surface area (Å²) in [4.78, 5) is 18.0. The molecule has 1 fully saturated rings. The Morgan fingerprint density at radius 2 is 1.93 bits per heavy atom. The lowest BCUT2D eigenvalue weighted by Crippen LogP contribution is -2.29. The van der Waals surface area contributed by atoms with Gasteiger partial charge in [0.25, 0.3) is 0 Å². The third-order valence-electron chi connectivity index (χ3n) is 4.63. The summed E-state index contributed by atoms with van der Waals surface area (Å²) in [5.74, 6) is -0.607. The van der Waals surface area contributed by atoms with E-state index < -0.39 is 23.1 Å². The number of aliphatic imine (C=N–C) groups is 1. The molecule has 0 unspecified atom stereocenters. The molecule has 0 saturated heterocycles. The van der Waals surface area contributed by atoms with Crippen LogP contribution in [0.3, 0.4) is 0 Å². The quantitative estimate of drug-likeness (QED) is 0.543. The lowest BCUT2D eigenvalue weighted by Gasteiger charge is -2.15. The lowest BCUT2D eigenvalue weighted by atomic mass is 9.95. The molecule has 12 heteroatoms. The standard InChI is InChI=1S/C18H15Cl2F3N6O/c1-28(2)8-26-15-13(17(3-4-17)16(25)30)12(7-24)27-29(15)14-10(19)5-9(6-11(14)20)18(21,22)23/h5-6,8H,3-4H2,1-2H3,(H2,25,30)/b26-8+. The normalized spacial score (nSPS) is 15.3. The fourth-order valence-corrected chi connectivity index (χ4v) is 3.70. The molecule has 1 heterocycles. The number of hydrogen-bond acceptors (Lipinski definition) is 4. The van der Waals surface area contributed by atoms with Crippen LogP contribution in [-0.2, 0) is 16.4 Å². The average Bonchev–Trinajstić information content (AvgIpc) is 3.35. The van der Waals surface area contributed by atoms with Gasteiger partial charge in [0.1, 0.15) is 11.8 Å². The van der Waals surface area contributed by atoms with Gasteiger partial charge in [-0.1, -0.05) is 23.2 Å². The summed E-state index contributed by atoms with van der Waals surface area (Å²) in [5.41, 5.74) is 3.36. The van der Waals surface area contributed by atoms with E-state index in [0.717, 1.165) is 4.68 Å². The molecule has 1 aliphatic rings. The van der Waals surface area contributed by atoms with Gasteiger partial charge in [-0.15, -0.1) is 0 Å². The molecule has 0 atom stereocenters. The van der Waals surface area contributed by atoms with Crippen molar-refractivity contribution in [2.24, 2.45) is 10.7 Å². The molecule has 1 aromatic heterocycles. The Morgan fingerprint density at radius 3 is 2.33 bits per heavy atom. The van der Waals surface area contributed by atoms with Gasteiger partial charge in [0.15, 0.2) is 11.5 Å². The van der Waals surface area contributed by atoms with Gasteiger partial charge < -0.3 is 10.6 Å². The molecule has 1 aliphatic carbocycles. The molecule has 0 radical (unpaired) electrons. The zero-order chi connectivity index (χ0) is 22.4. The van der Waals surface area contributed by atoms with Crippen molar-refractivity contribution >= 4 is 41.3 Å². The number of halogens is 5. The summed E-state index contributed by atoms with van der Waals surface area (Å²) in [6.07, 6.45) is -2.49. The van der Waals surface area contributed by atoms with E-state index in [1.807, 2.05) is 6.07 Å². The number of hydrogen-bond donors (Lipinski definition) is 1. The Bertz CT molecular complexity index is 1070. The second kappa shape index (κ2) is 7.49. The maximum absolute atomic E-state index is 13.1. The minimum atomic E-state index is -4.66. The van der Waals surface area contributed by atoms with Crippen LogP contribution >= 0.6 is 23.2 Å². The smallest absolute Gasteiger partial charge is 0.369 e. The highest BCUT2D eigenvalue weighted by molar-refractivity contribution is 6.38. The maximum Gasteiger partial charge on any atom is 0.416 e. The predicted molar refractivity (Wildman–Crippen MR) is 105 cm³/mol. The van der Waals surface area contributed by atoms with Gasteiger partial charge in [-0.05, 0) is 25.0 Å². The number of carbonyl (C=O) groups excluding carboxylic acids is 1. The molecule has 1 aromatic carbocycles. The molecule has 0 aliphatic heterocycles. The van der Waals surface area contributed by atoms with Crippen LogP contribution in [0.25, 0.3) is 5.69 Å². The minimum Gasteiger partial charge on any atom is -0.369 e. The van der Waals surface area contributed by atoms with Gasteiger partial charge in [-0.3, -0.25) is 4.79 Å². The van der Waals surface area contributed by atoms with Crippen molar-refractivity contribution in [1.29, 1.82) is 5.26 Å². The number of carbonyl (C=O) groups is 1. The van der Waals surface area contributed by atoms with Gasteiger partial charge >= 0.3 is 6.18 Å². The SMILES string of the molecule is CN(C)/C=N/c1c(C2(C(N)=O)CC2)c(C#N)nn1-c1c(Cl)cc(C(F)(F)F)cc1Cl. The zero-order valence-corrected chi connectivity index (χ0v) is 17.3. The minimum absolute atomic E-state index is 0.0418. The van der Waals surface area contributed by atoms with Crippen molar-refractivity contribution in [2.45, 2.75) is 24.4 Å². The number of nitrogens with zero attached hydrogens (tertiary/aromatic N) is 5. The van der Waals surface area contributed by atoms with Gasteiger partial charge in [0.2, 0.25) is 5.91 Å². The number of benzene rings is 1. The van der Waals surface area contributed by atoms with E-state index in [1.54, 1.807) is 19.0 Å². The summed E-state index contributed by atoms with van der Waals surface area (Å²) >= 11 is 12.3. The van der Waals surface area contributed by atoms with Crippen LogP contribution in [0, 0.1) is 11.3 Å². The fourth-order valence-electron chi connectivity index (χ4n) is 3.05. The van der Waals surface area contributed by atoms with Crippen molar-refractivity contribution in [1.82, 2.24) is 14.7 Å². The first-order chi connectivity index (χ1) is 13.9.